The molecule has 1 atom stereocenters. The van der Waals surface area contributed by atoms with Crippen LogP contribution in [0.2, 0.25) is 0 Å². The molecule has 1 aromatic rings. The number of piperidine rings is 1. The second kappa shape index (κ2) is 6.63. The summed E-state index contributed by atoms with van der Waals surface area (Å²) >= 11 is 0. The molecule has 0 spiro atoms. The van der Waals surface area contributed by atoms with Crippen LogP contribution >= 0.6 is 0 Å². The number of hydrazine groups is 1. The standard InChI is InChI=1S/C12H21N5O/c13-16-12-8-14-10(7-15-12)9-17-5-2-1-3-11(17)4-6-18/h7-8,11,18H,1-6,9,13H2,(H,15,16). The zero-order valence-corrected chi connectivity index (χ0v) is 10.5. The van der Waals surface area contributed by atoms with Crippen LogP contribution < -0.4 is 11.3 Å². The summed E-state index contributed by atoms with van der Waals surface area (Å²) in [5.41, 5.74) is 3.41. The number of anilines is 1. The van der Waals surface area contributed by atoms with Gasteiger partial charge in [-0.3, -0.25) is 9.88 Å². The Morgan fingerprint density at radius 3 is 2.94 bits per heavy atom. The summed E-state index contributed by atoms with van der Waals surface area (Å²) in [4.78, 5) is 10.9. The van der Waals surface area contributed by atoms with E-state index in [1.54, 1.807) is 12.4 Å². The number of aliphatic hydroxyl groups excluding tert-OH is 1. The monoisotopic (exact) mass is 251 g/mol. The van der Waals surface area contributed by atoms with Gasteiger partial charge in [0.2, 0.25) is 0 Å². The van der Waals surface area contributed by atoms with Crippen molar-refractivity contribution in [1.82, 2.24) is 14.9 Å². The molecule has 6 heteroatoms. The van der Waals surface area contributed by atoms with Crippen LogP contribution in [0, 0.1) is 0 Å². The molecule has 1 aliphatic heterocycles. The summed E-state index contributed by atoms with van der Waals surface area (Å²) in [6, 6.07) is 0.470. The largest absolute Gasteiger partial charge is 0.396 e. The average Bonchev–Trinajstić information content (AvgIpc) is 2.42. The number of likely N-dealkylation sites (tertiary alicyclic amines) is 1. The van der Waals surface area contributed by atoms with E-state index in [2.05, 4.69) is 20.3 Å². The zero-order valence-electron chi connectivity index (χ0n) is 10.5. The first-order valence-electron chi connectivity index (χ1n) is 6.46. The van der Waals surface area contributed by atoms with E-state index < -0.39 is 0 Å². The van der Waals surface area contributed by atoms with Crippen molar-refractivity contribution in [3.8, 4) is 0 Å². The molecule has 1 unspecified atom stereocenters. The maximum atomic E-state index is 9.09. The van der Waals surface area contributed by atoms with Crippen molar-refractivity contribution in [3.63, 3.8) is 0 Å². The van der Waals surface area contributed by atoms with Crippen LogP contribution in [0.5, 0.6) is 0 Å². The van der Waals surface area contributed by atoms with E-state index in [-0.39, 0.29) is 6.61 Å². The Kier molecular flexibility index (Phi) is 4.86. The molecule has 1 saturated heterocycles. The number of aliphatic hydroxyl groups is 1. The quantitative estimate of drug-likeness (QED) is 0.522. The molecule has 0 amide bonds. The molecule has 100 valence electrons. The molecule has 2 rings (SSSR count). The van der Waals surface area contributed by atoms with Gasteiger partial charge >= 0.3 is 0 Å². The molecule has 1 fully saturated rings. The molecule has 0 radical (unpaired) electrons. The third-order valence-electron chi connectivity index (χ3n) is 3.43. The normalized spacial score (nSPS) is 20.9. The lowest BCUT2D eigenvalue weighted by atomic mass is 9.99. The van der Waals surface area contributed by atoms with Gasteiger partial charge < -0.3 is 10.5 Å². The Hall–Kier alpha value is -1.24. The third-order valence-corrected chi connectivity index (χ3v) is 3.43. The number of hydrogen-bond donors (Lipinski definition) is 3. The number of hydrogen-bond acceptors (Lipinski definition) is 6. The van der Waals surface area contributed by atoms with Gasteiger partial charge in [0.15, 0.2) is 5.82 Å². The molecule has 4 N–H and O–H groups in total. The Labute approximate surface area is 107 Å². The van der Waals surface area contributed by atoms with Gasteiger partial charge in [0, 0.05) is 19.2 Å². The van der Waals surface area contributed by atoms with Crippen molar-refractivity contribution in [2.75, 3.05) is 18.6 Å². The number of nitrogens with two attached hydrogens (primary N) is 1. The molecule has 0 aromatic carbocycles. The van der Waals surface area contributed by atoms with Gasteiger partial charge in [0.1, 0.15) is 0 Å². The molecular formula is C12H21N5O. The fraction of sp³-hybridized carbons (Fsp3) is 0.667. The van der Waals surface area contributed by atoms with E-state index in [1.807, 2.05) is 0 Å². The van der Waals surface area contributed by atoms with Gasteiger partial charge in [-0.15, -0.1) is 0 Å². The Balaban J connectivity index is 1.96. The molecular weight excluding hydrogens is 230 g/mol. The third kappa shape index (κ3) is 3.38. The molecule has 18 heavy (non-hydrogen) atoms. The summed E-state index contributed by atoms with van der Waals surface area (Å²) in [5.74, 6) is 5.83. The van der Waals surface area contributed by atoms with Crippen LogP contribution in [0.25, 0.3) is 0 Å². The minimum atomic E-state index is 0.253. The first-order valence-corrected chi connectivity index (χ1v) is 6.46. The van der Waals surface area contributed by atoms with Crippen LogP contribution in [-0.2, 0) is 6.54 Å². The van der Waals surface area contributed by atoms with Crippen molar-refractivity contribution < 1.29 is 5.11 Å². The Morgan fingerprint density at radius 1 is 1.39 bits per heavy atom. The van der Waals surface area contributed by atoms with Crippen molar-refractivity contribution in [2.24, 2.45) is 5.84 Å². The van der Waals surface area contributed by atoms with E-state index >= 15 is 0 Å². The first-order chi connectivity index (χ1) is 8.83. The molecule has 2 heterocycles. The maximum absolute atomic E-state index is 9.09. The van der Waals surface area contributed by atoms with Gasteiger partial charge in [-0.25, -0.2) is 10.8 Å². The lowest BCUT2D eigenvalue weighted by molar-refractivity contribution is 0.111. The highest BCUT2D eigenvalue weighted by atomic mass is 16.3. The summed E-state index contributed by atoms with van der Waals surface area (Å²) in [5, 5.41) is 9.09. The van der Waals surface area contributed by atoms with Crippen molar-refractivity contribution in [2.45, 2.75) is 38.3 Å². The van der Waals surface area contributed by atoms with Gasteiger partial charge in [-0.1, -0.05) is 6.42 Å². The van der Waals surface area contributed by atoms with E-state index in [4.69, 9.17) is 10.9 Å². The van der Waals surface area contributed by atoms with Gasteiger partial charge in [0.25, 0.3) is 0 Å². The molecule has 1 aliphatic rings. The highest BCUT2D eigenvalue weighted by Gasteiger charge is 2.22. The molecule has 6 nitrogen and oxygen atoms in total. The number of aromatic nitrogens is 2. The second-order valence-electron chi connectivity index (χ2n) is 4.67. The number of rotatable bonds is 5. The molecule has 0 bridgehead atoms. The number of nitrogens with one attached hydrogen (secondary N) is 1. The summed E-state index contributed by atoms with van der Waals surface area (Å²) in [6.07, 6.45) is 7.87. The van der Waals surface area contributed by atoms with Crippen LogP contribution in [0.1, 0.15) is 31.4 Å². The first kappa shape index (κ1) is 13.2. The number of nitrogen functional groups attached to an aromatic ring is 1. The Bertz CT molecular complexity index is 354. The SMILES string of the molecule is NNc1cnc(CN2CCCCC2CCO)cn1. The van der Waals surface area contributed by atoms with E-state index in [1.165, 1.54) is 12.8 Å². The summed E-state index contributed by atoms with van der Waals surface area (Å²) in [6.45, 7) is 2.12. The average molecular weight is 251 g/mol. The highest BCUT2D eigenvalue weighted by molar-refractivity contribution is 5.28. The van der Waals surface area contributed by atoms with E-state index in [0.29, 0.717) is 11.9 Å². The molecule has 0 aliphatic carbocycles. The zero-order chi connectivity index (χ0) is 12.8. The minimum absolute atomic E-state index is 0.253. The summed E-state index contributed by atoms with van der Waals surface area (Å²) < 4.78 is 0. The highest BCUT2D eigenvalue weighted by Crippen LogP contribution is 2.21. The van der Waals surface area contributed by atoms with E-state index in [9.17, 15) is 0 Å². The Morgan fingerprint density at radius 2 is 2.28 bits per heavy atom. The molecule has 1 aromatic heterocycles. The lowest BCUT2D eigenvalue weighted by Gasteiger charge is -2.35. The summed E-state index contributed by atoms with van der Waals surface area (Å²) in [7, 11) is 0. The minimum Gasteiger partial charge on any atom is -0.396 e. The van der Waals surface area contributed by atoms with Crippen molar-refractivity contribution in [1.29, 1.82) is 0 Å². The van der Waals surface area contributed by atoms with Gasteiger partial charge in [-0.2, -0.15) is 0 Å². The van der Waals surface area contributed by atoms with Crippen LogP contribution in [-0.4, -0.2) is 39.2 Å². The van der Waals surface area contributed by atoms with E-state index in [0.717, 1.165) is 31.6 Å². The van der Waals surface area contributed by atoms with Crippen LogP contribution in [0.4, 0.5) is 5.82 Å². The van der Waals surface area contributed by atoms with Crippen molar-refractivity contribution >= 4 is 5.82 Å². The van der Waals surface area contributed by atoms with Crippen molar-refractivity contribution in [3.05, 3.63) is 18.1 Å². The fourth-order valence-corrected chi connectivity index (χ4v) is 2.46. The fourth-order valence-electron chi connectivity index (χ4n) is 2.46. The number of nitrogens with zero attached hydrogens (tertiary/aromatic N) is 3. The van der Waals surface area contributed by atoms with Crippen LogP contribution in [0.15, 0.2) is 12.4 Å². The van der Waals surface area contributed by atoms with Gasteiger partial charge in [0.05, 0.1) is 18.1 Å². The molecule has 0 saturated carbocycles. The maximum Gasteiger partial charge on any atom is 0.158 e. The smallest absolute Gasteiger partial charge is 0.158 e. The predicted molar refractivity (Wildman–Crippen MR) is 69.6 cm³/mol. The van der Waals surface area contributed by atoms with Crippen LogP contribution in [0.3, 0.4) is 0 Å². The predicted octanol–water partition coefficient (Wildman–Crippen LogP) is 0.499. The lowest BCUT2D eigenvalue weighted by Crippen LogP contribution is -2.39. The topological polar surface area (TPSA) is 87.3 Å². The second-order valence-corrected chi connectivity index (χ2v) is 4.67. The van der Waals surface area contributed by atoms with Gasteiger partial charge in [-0.05, 0) is 25.8 Å².